The third-order valence-corrected chi connectivity index (χ3v) is 8.21. The Labute approximate surface area is 161 Å². The number of aromatic nitrogens is 1. The molecule has 6 nitrogen and oxygen atoms in total. The Morgan fingerprint density at radius 2 is 2.00 bits per heavy atom. The summed E-state index contributed by atoms with van der Waals surface area (Å²) in [4.78, 5) is 18.9. The molecule has 3 heterocycles. The maximum atomic E-state index is 12.4. The highest BCUT2D eigenvalue weighted by atomic mass is 35.5. The molecule has 25 heavy (non-hydrogen) atoms. The molecular weight excluding hydrogens is 422 g/mol. The van der Waals surface area contributed by atoms with Crippen molar-refractivity contribution >= 4 is 61.5 Å². The number of amides is 1. The molecule has 0 atom stereocenters. The third kappa shape index (κ3) is 4.27. The zero-order chi connectivity index (χ0) is 18.2. The van der Waals surface area contributed by atoms with Gasteiger partial charge in [-0.25, -0.2) is 18.5 Å². The minimum Gasteiger partial charge on any atom is -0.346 e. The molecule has 0 saturated carbocycles. The number of halogens is 1. The highest BCUT2D eigenvalue weighted by Gasteiger charge is 2.18. The highest BCUT2D eigenvalue weighted by Crippen LogP contribution is 2.34. The maximum absolute atomic E-state index is 12.4. The molecule has 0 aliphatic rings. The number of nitrogens with two attached hydrogens (primary N) is 1. The Balaban J connectivity index is 1.71. The third-order valence-electron chi connectivity index (χ3n) is 3.13. The van der Waals surface area contributed by atoms with E-state index in [1.807, 2.05) is 6.07 Å². The second-order valence-corrected chi connectivity index (χ2v) is 10.7. The van der Waals surface area contributed by atoms with Crippen LogP contribution in [-0.2, 0) is 16.6 Å². The van der Waals surface area contributed by atoms with E-state index in [0.29, 0.717) is 19.8 Å². The predicted octanol–water partition coefficient (Wildman–Crippen LogP) is 3.47. The normalized spacial score (nSPS) is 11.6. The van der Waals surface area contributed by atoms with Gasteiger partial charge in [0.15, 0.2) is 0 Å². The molecule has 3 N–H and O–H groups in total. The van der Waals surface area contributed by atoms with Crippen LogP contribution in [0.25, 0.3) is 9.88 Å². The number of aryl methyl sites for hydroxylation is 1. The van der Waals surface area contributed by atoms with Gasteiger partial charge in [0, 0.05) is 4.88 Å². The number of sulfonamides is 1. The number of carbonyl (C=O) groups excluding carboxylic acids is 1. The number of thiazole rings is 1. The molecule has 0 saturated heterocycles. The SMILES string of the molecule is Cc1nc(-c2ccc(Cl)s2)sc1C(=O)NCc1ccc(S(N)(=O)=O)s1. The van der Waals surface area contributed by atoms with E-state index in [1.165, 1.54) is 28.7 Å². The standard InChI is InChI=1S/C14H12ClN3O3S4/c1-7-12(24-14(18-7)9-3-4-10(15)23-9)13(19)17-6-8-2-5-11(22-8)25(16,20)21/h2-5H,6H2,1H3,(H,17,19)(H2,16,20,21). The summed E-state index contributed by atoms with van der Waals surface area (Å²) >= 11 is 9.67. The van der Waals surface area contributed by atoms with Gasteiger partial charge in [-0.05, 0) is 31.2 Å². The summed E-state index contributed by atoms with van der Waals surface area (Å²) in [6, 6.07) is 6.71. The largest absolute Gasteiger partial charge is 0.346 e. The minimum absolute atomic E-state index is 0.0718. The lowest BCUT2D eigenvalue weighted by Gasteiger charge is -2.01. The summed E-state index contributed by atoms with van der Waals surface area (Å²) in [5.41, 5.74) is 0.637. The van der Waals surface area contributed by atoms with E-state index < -0.39 is 10.0 Å². The second-order valence-electron chi connectivity index (χ2n) is 4.99. The Morgan fingerprint density at radius 1 is 1.24 bits per heavy atom. The van der Waals surface area contributed by atoms with Crippen molar-refractivity contribution < 1.29 is 13.2 Å². The van der Waals surface area contributed by atoms with Gasteiger partial charge < -0.3 is 5.32 Å². The van der Waals surface area contributed by atoms with Crippen LogP contribution >= 0.6 is 45.6 Å². The van der Waals surface area contributed by atoms with Crippen LogP contribution in [0.1, 0.15) is 20.2 Å². The van der Waals surface area contributed by atoms with Crippen molar-refractivity contribution in [2.75, 3.05) is 0 Å². The number of nitrogens with one attached hydrogen (secondary N) is 1. The van der Waals surface area contributed by atoms with Crippen molar-refractivity contribution in [1.82, 2.24) is 10.3 Å². The first-order valence-corrected chi connectivity index (χ1v) is 11.2. The smallest absolute Gasteiger partial charge is 0.263 e. The van der Waals surface area contributed by atoms with Crippen molar-refractivity contribution in [3.63, 3.8) is 0 Å². The highest BCUT2D eigenvalue weighted by molar-refractivity contribution is 7.91. The van der Waals surface area contributed by atoms with E-state index >= 15 is 0 Å². The Bertz CT molecular complexity index is 1040. The van der Waals surface area contributed by atoms with Crippen molar-refractivity contribution in [3.05, 3.63) is 44.1 Å². The molecule has 0 spiro atoms. The molecule has 11 heteroatoms. The molecule has 0 unspecified atom stereocenters. The lowest BCUT2D eigenvalue weighted by Crippen LogP contribution is -2.22. The van der Waals surface area contributed by atoms with Crippen LogP contribution in [0.2, 0.25) is 4.34 Å². The van der Waals surface area contributed by atoms with Gasteiger partial charge in [0.2, 0.25) is 10.0 Å². The molecule has 132 valence electrons. The van der Waals surface area contributed by atoms with Gasteiger partial charge in [-0.3, -0.25) is 4.79 Å². The van der Waals surface area contributed by atoms with E-state index in [2.05, 4.69) is 10.3 Å². The lowest BCUT2D eigenvalue weighted by molar-refractivity contribution is 0.0954. The van der Waals surface area contributed by atoms with Gasteiger partial charge in [-0.2, -0.15) is 0 Å². The van der Waals surface area contributed by atoms with Gasteiger partial charge in [0.05, 0.1) is 21.5 Å². The molecule has 1 amide bonds. The van der Waals surface area contributed by atoms with Gasteiger partial charge in [0.1, 0.15) is 14.1 Å². The summed E-state index contributed by atoms with van der Waals surface area (Å²) in [7, 11) is -3.72. The predicted molar refractivity (Wildman–Crippen MR) is 102 cm³/mol. The van der Waals surface area contributed by atoms with Crippen molar-refractivity contribution in [3.8, 4) is 9.88 Å². The van der Waals surface area contributed by atoms with Crippen LogP contribution in [0.4, 0.5) is 0 Å². The number of hydrogen-bond acceptors (Lipinski definition) is 7. The van der Waals surface area contributed by atoms with Gasteiger partial charge in [0.25, 0.3) is 5.91 Å². The molecule has 3 aromatic rings. The molecular formula is C14H12ClN3O3S4. The van der Waals surface area contributed by atoms with Crippen LogP contribution in [0.3, 0.4) is 0 Å². The topological polar surface area (TPSA) is 102 Å². The first-order chi connectivity index (χ1) is 11.7. The number of thiophene rings is 2. The summed E-state index contributed by atoms with van der Waals surface area (Å²) < 4.78 is 23.3. The zero-order valence-corrected chi connectivity index (χ0v) is 16.8. The fourth-order valence-corrected chi connectivity index (χ4v) is 5.79. The molecule has 0 aromatic carbocycles. The second kappa shape index (κ2) is 7.14. The minimum atomic E-state index is -3.72. The molecule has 3 rings (SSSR count). The molecule has 0 aliphatic carbocycles. The molecule has 3 aromatic heterocycles. The average Bonchev–Trinajstić information content (AvgIpc) is 3.23. The maximum Gasteiger partial charge on any atom is 0.263 e. The van der Waals surface area contributed by atoms with E-state index in [4.69, 9.17) is 16.7 Å². The summed E-state index contributed by atoms with van der Waals surface area (Å²) in [5.74, 6) is -0.255. The number of rotatable bonds is 5. The van der Waals surface area contributed by atoms with Crippen LogP contribution in [0, 0.1) is 6.92 Å². The van der Waals surface area contributed by atoms with Crippen LogP contribution in [0.5, 0.6) is 0 Å². The fourth-order valence-electron chi connectivity index (χ4n) is 2.00. The van der Waals surface area contributed by atoms with Gasteiger partial charge in [-0.15, -0.1) is 34.0 Å². The van der Waals surface area contributed by atoms with Crippen molar-refractivity contribution in [2.24, 2.45) is 5.14 Å². The first kappa shape index (κ1) is 18.5. The van der Waals surface area contributed by atoms with Crippen LogP contribution in [0.15, 0.2) is 28.5 Å². The lowest BCUT2D eigenvalue weighted by atomic mass is 10.3. The van der Waals surface area contributed by atoms with Gasteiger partial charge in [-0.1, -0.05) is 11.6 Å². The van der Waals surface area contributed by atoms with E-state index in [1.54, 1.807) is 19.1 Å². The molecule has 0 bridgehead atoms. The number of hydrogen-bond donors (Lipinski definition) is 2. The van der Waals surface area contributed by atoms with Crippen LogP contribution in [-0.4, -0.2) is 19.3 Å². The van der Waals surface area contributed by atoms with Crippen molar-refractivity contribution in [1.29, 1.82) is 0 Å². The fraction of sp³-hybridized carbons (Fsp3) is 0.143. The Morgan fingerprint density at radius 3 is 2.60 bits per heavy atom. The number of nitrogens with zero attached hydrogens (tertiary/aromatic N) is 1. The van der Waals surface area contributed by atoms with Crippen LogP contribution < -0.4 is 10.5 Å². The molecule has 0 radical (unpaired) electrons. The number of carbonyl (C=O) groups is 1. The number of primary sulfonamides is 1. The summed E-state index contributed by atoms with van der Waals surface area (Å²) in [6.45, 7) is 1.99. The first-order valence-electron chi connectivity index (χ1n) is 6.87. The monoisotopic (exact) mass is 433 g/mol. The summed E-state index contributed by atoms with van der Waals surface area (Å²) in [6.07, 6.45) is 0. The zero-order valence-electron chi connectivity index (χ0n) is 12.8. The van der Waals surface area contributed by atoms with Gasteiger partial charge >= 0.3 is 0 Å². The van der Waals surface area contributed by atoms with Crippen molar-refractivity contribution in [2.45, 2.75) is 17.7 Å². The summed E-state index contributed by atoms with van der Waals surface area (Å²) in [5, 5.41) is 8.59. The van der Waals surface area contributed by atoms with E-state index in [-0.39, 0.29) is 16.7 Å². The van der Waals surface area contributed by atoms with E-state index in [9.17, 15) is 13.2 Å². The molecule has 0 fully saturated rings. The quantitative estimate of drug-likeness (QED) is 0.642. The Hall–Kier alpha value is -1.30. The Kier molecular flexibility index (Phi) is 5.28. The van der Waals surface area contributed by atoms with E-state index in [0.717, 1.165) is 21.2 Å². The molecule has 0 aliphatic heterocycles. The average molecular weight is 434 g/mol.